The van der Waals surface area contributed by atoms with Gasteiger partial charge in [0, 0.05) is 0 Å². The second-order valence-corrected chi connectivity index (χ2v) is 3.15. The van der Waals surface area contributed by atoms with Crippen LogP contribution in [0.5, 0.6) is 0 Å². The number of halogens is 1. The second kappa shape index (κ2) is 2.61. The fraction of sp³-hybridized carbons (Fsp3) is 0. The van der Waals surface area contributed by atoms with Gasteiger partial charge in [-0.15, -0.1) is 11.3 Å². The van der Waals surface area contributed by atoms with Crippen molar-refractivity contribution >= 4 is 39.9 Å². The Morgan fingerprint density at radius 2 is 2.56 bits per heavy atom. The number of nitrogens with zero attached hydrogens (tertiary/aromatic N) is 1. The van der Waals surface area contributed by atoms with Crippen molar-refractivity contribution in [2.75, 3.05) is 0 Å². The lowest BCUT2D eigenvalue weighted by Crippen LogP contribution is -1.93. The van der Waals surface area contributed by atoms with Crippen molar-refractivity contribution in [1.29, 1.82) is 0 Å². The van der Waals surface area contributed by atoms with Crippen LogP contribution in [-0.4, -0.2) is 16.1 Å². The van der Waals surface area contributed by atoms with Crippen LogP contribution >= 0.6 is 33.9 Å². The van der Waals surface area contributed by atoms with Gasteiger partial charge in [0.2, 0.25) is 0 Å². The Balaban J connectivity index is 3.08. The maximum atomic E-state index is 10.2. The fourth-order valence-electron chi connectivity index (χ4n) is 0.371. The highest BCUT2D eigenvalue weighted by atomic mass is 127. The van der Waals surface area contributed by atoms with E-state index in [1.807, 2.05) is 22.6 Å². The number of carboxylic acid groups (broad SMARTS) is 1. The van der Waals surface area contributed by atoms with Crippen LogP contribution in [0.1, 0.15) is 9.67 Å². The zero-order chi connectivity index (χ0) is 6.85. The molecule has 0 amide bonds. The first-order chi connectivity index (χ1) is 4.22. The molecule has 3 nitrogen and oxygen atoms in total. The minimum Gasteiger partial charge on any atom is -0.477 e. The van der Waals surface area contributed by atoms with Gasteiger partial charge in [-0.1, -0.05) is 0 Å². The molecule has 0 saturated carbocycles. The Morgan fingerprint density at radius 1 is 1.89 bits per heavy atom. The first kappa shape index (κ1) is 6.94. The summed E-state index contributed by atoms with van der Waals surface area (Å²) < 4.78 is 0.560. The summed E-state index contributed by atoms with van der Waals surface area (Å²) in [5, 5.41) is 8.42. The number of carbonyl (C=O) groups is 1. The number of carboxylic acids is 1. The molecule has 0 unspecified atom stereocenters. The molecule has 48 valence electrons. The van der Waals surface area contributed by atoms with Crippen LogP contribution in [0.4, 0.5) is 0 Å². The summed E-state index contributed by atoms with van der Waals surface area (Å²) in [7, 11) is 0. The van der Waals surface area contributed by atoms with Crippen molar-refractivity contribution in [1.82, 2.24) is 4.98 Å². The molecule has 9 heavy (non-hydrogen) atoms. The maximum Gasteiger partial charge on any atom is 0.348 e. The Bertz CT molecular complexity index is 234. The third-order valence-electron chi connectivity index (χ3n) is 0.718. The minimum atomic E-state index is -0.901. The van der Waals surface area contributed by atoms with Crippen LogP contribution in [0.25, 0.3) is 0 Å². The molecule has 1 aromatic heterocycles. The molecule has 0 radical (unpaired) electrons. The van der Waals surface area contributed by atoms with Gasteiger partial charge < -0.3 is 5.11 Å². The molecule has 1 rings (SSSR count). The Hall–Kier alpha value is -0.170. The van der Waals surface area contributed by atoms with Gasteiger partial charge in [0.25, 0.3) is 0 Å². The van der Waals surface area contributed by atoms with E-state index in [0.717, 1.165) is 11.3 Å². The van der Waals surface area contributed by atoms with E-state index in [1.54, 1.807) is 0 Å². The van der Waals surface area contributed by atoms with Gasteiger partial charge in [-0.2, -0.15) is 0 Å². The van der Waals surface area contributed by atoms with Crippen molar-refractivity contribution < 1.29 is 9.90 Å². The van der Waals surface area contributed by atoms with E-state index in [-0.39, 0.29) is 0 Å². The molecule has 0 saturated heterocycles. The summed E-state index contributed by atoms with van der Waals surface area (Å²) >= 11 is 3.03. The van der Waals surface area contributed by atoms with Crippen molar-refractivity contribution in [2.45, 2.75) is 0 Å². The zero-order valence-electron chi connectivity index (χ0n) is 4.17. The molecular weight excluding hydrogens is 253 g/mol. The predicted octanol–water partition coefficient (Wildman–Crippen LogP) is 1.45. The maximum absolute atomic E-state index is 10.2. The largest absolute Gasteiger partial charge is 0.477 e. The molecule has 1 N–H and O–H groups in total. The lowest BCUT2D eigenvalue weighted by molar-refractivity contribution is 0.0701. The standard InChI is InChI=1S/C4H2INO2S/c5-3-2(4(7)8)9-1-6-3/h1H,(H,7,8). The first-order valence-electron chi connectivity index (χ1n) is 2.04. The van der Waals surface area contributed by atoms with Gasteiger partial charge in [-0.3, -0.25) is 0 Å². The van der Waals surface area contributed by atoms with E-state index < -0.39 is 5.97 Å². The molecule has 1 aromatic rings. The highest BCUT2D eigenvalue weighted by molar-refractivity contribution is 14.1. The summed E-state index contributed by atoms with van der Waals surface area (Å²) in [4.78, 5) is 14.3. The first-order valence-corrected chi connectivity index (χ1v) is 4.00. The highest BCUT2D eigenvalue weighted by Crippen LogP contribution is 2.14. The van der Waals surface area contributed by atoms with Crippen LogP contribution in [0.3, 0.4) is 0 Å². The van der Waals surface area contributed by atoms with E-state index in [1.165, 1.54) is 5.51 Å². The Kier molecular flexibility index (Phi) is 2.01. The lowest BCUT2D eigenvalue weighted by atomic mass is 10.6. The van der Waals surface area contributed by atoms with Gasteiger partial charge in [-0.05, 0) is 22.6 Å². The molecule has 0 aliphatic carbocycles. The molecule has 0 fully saturated rings. The number of thiazole rings is 1. The van der Waals surface area contributed by atoms with E-state index >= 15 is 0 Å². The van der Waals surface area contributed by atoms with Crippen molar-refractivity contribution in [3.8, 4) is 0 Å². The number of aromatic nitrogens is 1. The van der Waals surface area contributed by atoms with E-state index in [2.05, 4.69) is 4.98 Å². The van der Waals surface area contributed by atoms with Crippen molar-refractivity contribution in [3.63, 3.8) is 0 Å². The number of rotatable bonds is 1. The average molecular weight is 255 g/mol. The van der Waals surface area contributed by atoms with E-state index in [9.17, 15) is 4.79 Å². The van der Waals surface area contributed by atoms with E-state index in [4.69, 9.17) is 5.11 Å². The third kappa shape index (κ3) is 1.39. The quantitative estimate of drug-likeness (QED) is 0.772. The molecule has 5 heteroatoms. The predicted molar refractivity (Wildman–Crippen MR) is 41.8 cm³/mol. The summed E-state index contributed by atoms with van der Waals surface area (Å²) in [5.74, 6) is -0.901. The molecule has 0 spiro atoms. The molecular formula is C4H2INO2S. The fourth-order valence-corrected chi connectivity index (χ4v) is 1.83. The van der Waals surface area contributed by atoms with Crippen LogP contribution < -0.4 is 0 Å². The highest BCUT2D eigenvalue weighted by Gasteiger charge is 2.09. The monoisotopic (exact) mass is 255 g/mol. The number of hydrogen-bond acceptors (Lipinski definition) is 3. The van der Waals surface area contributed by atoms with Crippen LogP contribution in [0.15, 0.2) is 5.51 Å². The van der Waals surface area contributed by atoms with Crippen LogP contribution in [-0.2, 0) is 0 Å². The molecule has 1 heterocycles. The molecule has 0 aliphatic heterocycles. The van der Waals surface area contributed by atoms with Gasteiger partial charge in [-0.25, -0.2) is 9.78 Å². The summed E-state index contributed by atoms with van der Waals surface area (Å²) in [5.41, 5.74) is 1.52. The lowest BCUT2D eigenvalue weighted by Gasteiger charge is -1.82. The van der Waals surface area contributed by atoms with Gasteiger partial charge in [0.15, 0.2) is 0 Å². The average Bonchev–Trinajstić information content (AvgIpc) is 2.13. The van der Waals surface area contributed by atoms with Crippen molar-refractivity contribution in [2.24, 2.45) is 0 Å². The van der Waals surface area contributed by atoms with Gasteiger partial charge >= 0.3 is 5.97 Å². The molecule has 0 aliphatic rings. The van der Waals surface area contributed by atoms with Crippen molar-refractivity contribution in [3.05, 3.63) is 14.1 Å². The molecule has 0 bridgehead atoms. The van der Waals surface area contributed by atoms with Crippen LogP contribution in [0.2, 0.25) is 0 Å². The summed E-state index contributed by atoms with van der Waals surface area (Å²) in [6, 6.07) is 0. The molecule has 0 atom stereocenters. The minimum absolute atomic E-state index is 0.315. The topological polar surface area (TPSA) is 50.2 Å². The van der Waals surface area contributed by atoms with Crippen LogP contribution in [0, 0.1) is 3.70 Å². The number of hydrogen-bond donors (Lipinski definition) is 1. The van der Waals surface area contributed by atoms with Gasteiger partial charge in [0.05, 0.1) is 5.51 Å². The third-order valence-corrected chi connectivity index (χ3v) is 2.72. The normalized spacial score (nSPS) is 9.44. The van der Waals surface area contributed by atoms with Gasteiger partial charge in [0.1, 0.15) is 8.58 Å². The summed E-state index contributed by atoms with van der Waals surface area (Å²) in [6.07, 6.45) is 0. The van der Waals surface area contributed by atoms with E-state index in [0.29, 0.717) is 8.58 Å². The molecule has 0 aromatic carbocycles. The number of aromatic carboxylic acids is 1. The Morgan fingerprint density at radius 3 is 2.78 bits per heavy atom. The Labute approximate surface area is 68.9 Å². The zero-order valence-corrected chi connectivity index (χ0v) is 7.14. The summed E-state index contributed by atoms with van der Waals surface area (Å²) in [6.45, 7) is 0. The SMILES string of the molecule is O=C(O)c1scnc1I. The smallest absolute Gasteiger partial charge is 0.348 e. The second-order valence-electron chi connectivity index (χ2n) is 1.28.